The Hall–Kier alpha value is -3.06. The van der Waals surface area contributed by atoms with Crippen LogP contribution in [0, 0.1) is 24.0 Å². The van der Waals surface area contributed by atoms with Crippen molar-refractivity contribution in [3.63, 3.8) is 0 Å². The molecular weight excluding hydrogens is 574 g/mol. The topological polar surface area (TPSA) is 117 Å². The standard InChI is InChI=1S/C13H18ClNO2.C10H5Cl2F3N4O2/c1-10-5-4-6-11(2)13(10)15(7-8-17-3)12(16)9-14;11-5-1-4(10(13,14)15)2-6(12)8(5)18-9(16)7(3-17-18)19(20)21/h4-6H,7-9H2,1-3H3;1-3H,16H2. The summed E-state index contributed by atoms with van der Waals surface area (Å²) in [6.07, 6.45) is -3.78. The molecule has 0 atom stereocenters. The average Bonchev–Trinajstić information content (AvgIpc) is 3.21. The van der Waals surface area contributed by atoms with Crippen molar-refractivity contribution in [2.24, 2.45) is 0 Å². The summed E-state index contributed by atoms with van der Waals surface area (Å²) in [5, 5.41) is 13.5. The van der Waals surface area contributed by atoms with Crippen molar-refractivity contribution in [1.29, 1.82) is 0 Å². The van der Waals surface area contributed by atoms with Gasteiger partial charge in [-0.1, -0.05) is 41.4 Å². The fourth-order valence-corrected chi connectivity index (χ4v) is 4.24. The Bertz CT molecular complexity index is 1270. The van der Waals surface area contributed by atoms with Gasteiger partial charge in [0.25, 0.3) is 0 Å². The average molecular weight is 597 g/mol. The number of hydrogen-bond donors (Lipinski definition) is 1. The minimum atomic E-state index is -4.63. The monoisotopic (exact) mass is 595 g/mol. The summed E-state index contributed by atoms with van der Waals surface area (Å²) in [5.74, 6) is -0.512. The summed E-state index contributed by atoms with van der Waals surface area (Å²) < 4.78 is 43.7. The molecule has 0 aliphatic carbocycles. The van der Waals surface area contributed by atoms with Crippen LogP contribution in [-0.4, -0.2) is 46.8 Å². The number of alkyl halides is 4. The van der Waals surface area contributed by atoms with Gasteiger partial charge in [-0.3, -0.25) is 14.9 Å². The van der Waals surface area contributed by atoms with Gasteiger partial charge in [-0.25, -0.2) is 4.68 Å². The first-order chi connectivity index (χ1) is 17.7. The molecule has 0 saturated carbocycles. The molecule has 1 amide bonds. The van der Waals surface area contributed by atoms with Gasteiger partial charge in [0.15, 0.2) is 0 Å². The molecule has 0 spiro atoms. The lowest BCUT2D eigenvalue weighted by atomic mass is 10.1. The SMILES string of the molecule is COCCN(C(=O)CCl)c1c(C)cccc1C.Nc1c([N+](=O)[O-])cnn1-c1c(Cl)cc(C(F)(F)F)cc1Cl. The van der Waals surface area contributed by atoms with Crippen LogP contribution in [0.5, 0.6) is 0 Å². The predicted molar refractivity (Wildman–Crippen MR) is 141 cm³/mol. The number of nitrogen functional groups attached to an aromatic ring is 1. The number of nitrogens with two attached hydrogens (primary N) is 1. The molecule has 3 aromatic rings. The highest BCUT2D eigenvalue weighted by Gasteiger charge is 2.33. The molecule has 0 unspecified atom stereocenters. The molecule has 1 aromatic heterocycles. The van der Waals surface area contributed by atoms with Crippen molar-refractivity contribution in [1.82, 2.24) is 9.78 Å². The van der Waals surface area contributed by atoms with E-state index in [1.165, 1.54) is 0 Å². The molecule has 0 bridgehead atoms. The van der Waals surface area contributed by atoms with E-state index < -0.39 is 28.2 Å². The Morgan fingerprint density at radius 1 is 1.21 bits per heavy atom. The second kappa shape index (κ2) is 13.1. The minimum Gasteiger partial charge on any atom is -0.383 e. The number of nitrogens with zero attached hydrogens (tertiary/aromatic N) is 4. The van der Waals surface area contributed by atoms with Gasteiger partial charge in [-0.05, 0) is 37.1 Å². The second-order valence-electron chi connectivity index (χ2n) is 7.78. The third-order valence-electron chi connectivity index (χ3n) is 5.18. The number of halogens is 6. The van der Waals surface area contributed by atoms with Gasteiger partial charge in [-0.15, -0.1) is 11.6 Å². The highest BCUT2D eigenvalue weighted by Crippen LogP contribution is 2.39. The molecule has 1 heterocycles. The fourth-order valence-electron chi connectivity index (χ4n) is 3.45. The van der Waals surface area contributed by atoms with Crippen LogP contribution < -0.4 is 10.6 Å². The first-order valence-corrected chi connectivity index (χ1v) is 12.0. The molecule has 3 rings (SSSR count). The van der Waals surface area contributed by atoms with E-state index in [1.54, 1.807) is 12.0 Å². The van der Waals surface area contributed by atoms with Gasteiger partial charge in [0, 0.05) is 19.3 Å². The maximum atomic E-state index is 12.6. The van der Waals surface area contributed by atoms with Crippen molar-refractivity contribution in [3.8, 4) is 5.69 Å². The third kappa shape index (κ3) is 7.28. The Kier molecular flexibility index (Phi) is 10.8. The van der Waals surface area contributed by atoms with E-state index >= 15 is 0 Å². The summed E-state index contributed by atoms with van der Waals surface area (Å²) in [7, 11) is 1.62. The fraction of sp³-hybridized carbons (Fsp3) is 0.304. The number of carbonyl (C=O) groups is 1. The van der Waals surface area contributed by atoms with E-state index in [0.29, 0.717) is 25.3 Å². The van der Waals surface area contributed by atoms with Gasteiger partial charge < -0.3 is 15.4 Å². The molecule has 38 heavy (non-hydrogen) atoms. The summed E-state index contributed by atoms with van der Waals surface area (Å²) in [4.78, 5) is 23.4. The maximum absolute atomic E-state index is 12.6. The van der Waals surface area contributed by atoms with E-state index in [4.69, 9.17) is 45.3 Å². The normalized spacial score (nSPS) is 11.1. The van der Waals surface area contributed by atoms with Crippen LogP contribution in [-0.2, 0) is 15.7 Å². The molecule has 206 valence electrons. The van der Waals surface area contributed by atoms with Crippen LogP contribution in [0.15, 0.2) is 36.5 Å². The number of rotatable bonds is 7. The Labute approximate surface area is 231 Å². The Balaban J connectivity index is 0.000000273. The maximum Gasteiger partial charge on any atom is 0.416 e. The zero-order valence-corrected chi connectivity index (χ0v) is 22.6. The van der Waals surface area contributed by atoms with Crippen molar-refractivity contribution in [2.75, 3.05) is 36.8 Å². The summed E-state index contributed by atoms with van der Waals surface area (Å²) in [5.41, 5.74) is 6.86. The summed E-state index contributed by atoms with van der Waals surface area (Å²) in [6, 6.07) is 7.23. The smallest absolute Gasteiger partial charge is 0.383 e. The number of para-hydroxylation sites is 1. The largest absolute Gasteiger partial charge is 0.416 e. The van der Waals surface area contributed by atoms with Crippen LogP contribution >= 0.6 is 34.8 Å². The van der Waals surface area contributed by atoms with Crippen LogP contribution in [0.2, 0.25) is 10.0 Å². The summed E-state index contributed by atoms with van der Waals surface area (Å²) >= 11 is 17.2. The molecule has 0 aliphatic heterocycles. The number of ether oxygens (including phenoxy) is 1. The number of aromatic nitrogens is 2. The number of amides is 1. The number of methoxy groups -OCH3 is 1. The highest BCUT2D eigenvalue weighted by molar-refractivity contribution is 6.38. The molecule has 2 N–H and O–H groups in total. The van der Waals surface area contributed by atoms with Gasteiger partial charge in [0.1, 0.15) is 17.8 Å². The van der Waals surface area contributed by atoms with Crippen LogP contribution in [0.3, 0.4) is 0 Å². The lowest BCUT2D eigenvalue weighted by molar-refractivity contribution is -0.383. The molecule has 0 radical (unpaired) electrons. The van der Waals surface area contributed by atoms with E-state index in [1.807, 2.05) is 32.0 Å². The summed E-state index contributed by atoms with van der Waals surface area (Å²) in [6.45, 7) is 5.00. The minimum absolute atomic E-state index is 0.0164. The third-order valence-corrected chi connectivity index (χ3v) is 5.99. The first-order valence-electron chi connectivity index (χ1n) is 10.7. The van der Waals surface area contributed by atoms with Crippen LogP contribution in [0.4, 0.5) is 30.4 Å². The van der Waals surface area contributed by atoms with Gasteiger partial charge in [0.05, 0.1) is 27.1 Å². The van der Waals surface area contributed by atoms with E-state index in [2.05, 4.69) is 5.10 Å². The van der Waals surface area contributed by atoms with Crippen molar-refractivity contribution in [3.05, 3.63) is 73.4 Å². The molecule has 15 heteroatoms. The van der Waals surface area contributed by atoms with E-state index in [-0.39, 0.29) is 27.5 Å². The molecule has 9 nitrogen and oxygen atoms in total. The Morgan fingerprint density at radius 3 is 2.18 bits per heavy atom. The van der Waals surface area contributed by atoms with Crippen molar-refractivity contribution < 1.29 is 27.6 Å². The number of nitro groups is 1. The van der Waals surface area contributed by atoms with Crippen LogP contribution in [0.25, 0.3) is 5.69 Å². The lowest BCUT2D eigenvalue weighted by Crippen LogP contribution is -2.35. The molecule has 0 aliphatic rings. The zero-order chi connectivity index (χ0) is 28.8. The van der Waals surface area contributed by atoms with E-state index in [9.17, 15) is 28.1 Å². The highest BCUT2D eigenvalue weighted by atomic mass is 35.5. The zero-order valence-electron chi connectivity index (χ0n) is 20.4. The van der Waals surface area contributed by atoms with Gasteiger partial charge in [-0.2, -0.15) is 18.3 Å². The van der Waals surface area contributed by atoms with Gasteiger partial charge in [0.2, 0.25) is 11.7 Å². The van der Waals surface area contributed by atoms with Gasteiger partial charge >= 0.3 is 11.9 Å². The molecule has 0 saturated heterocycles. The number of hydrogen-bond acceptors (Lipinski definition) is 6. The van der Waals surface area contributed by atoms with Crippen molar-refractivity contribution >= 4 is 57.9 Å². The quantitative estimate of drug-likeness (QED) is 0.197. The molecular formula is C23H23Cl3F3N5O4. The van der Waals surface area contributed by atoms with Crippen LogP contribution in [0.1, 0.15) is 16.7 Å². The molecule has 2 aromatic carbocycles. The van der Waals surface area contributed by atoms with Crippen molar-refractivity contribution in [2.45, 2.75) is 20.0 Å². The lowest BCUT2D eigenvalue weighted by Gasteiger charge is -2.25. The molecule has 0 fully saturated rings. The first kappa shape index (κ1) is 31.2. The predicted octanol–water partition coefficient (Wildman–Crippen LogP) is 6.21. The number of aryl methyl sites for hydroxylation is 2. The van der Waals surface area contributed by atoms with E-state index in [0.717, 1.165) is 27.7 Å². The second-order valence-corrected chi connectivity index (χ2v) is 8.86. The Morgan fingerprint density at radius 2 is 1.76 bits per heavy atom. The number of carbonyl (C=O) groups excluding carboxylic acids is 1. The number of anilines is 2. The number of benzene rings is 2.